The molecule has 0 spiro atoms. The number of hydrogen-bond acceptors (Lipinski definition) is 4. The Bertz CT molecular complexity index is 1490. The first kappa shape index (κ1) is 27.8. The number of amides is 3. The number of halogens is 2. The van der Waals surface area contributed by atoms with Crippen LogP contribution in [-0.4, -0.2) is 23.5 Å². The van der Waals surface area contributed by atoms with Crippen LogP contribution in [0.1, 0.15) is 15.9 Å². The van der Waals surface area contributed by atoms with Gasteiger partial charge in [0.1, 0.15) is 11.5 Å². The van der Waals surface area contributed by atoms with Crippen LogP contribution in [0.3, 0.4) is 0 Å². The van der Waals surface area contributed by atoms with E-state index in [9.17, 15) is 18.8 Å². The van der Waals surface area contributed by atoms with Gasteiger partial charge in [-0.1, -0.05) is 52.3 Å². The maximum absolute atomic E-state index is 13.3. The number of carbonyl (C=O) groups is 3. The molecule has 9 heteroatoms. The van der Waals surface area contributed by atoms with Gasteiger partial charge >= 0.3 is 0 Å². The van der Waals surface area contributed by atoms with Crippen LogP contribution in [0.4, 0.5) is 15.8 Å². The molecule has 0 atom stereocenters. The third kappa shape index (κ3) is 8.66. The standard InChI is InChI=1S/C30H23BrFN3O3S/c31-22-11-9-20(10-12-22)17-27(35-29(37)21-5-2-1-3-6-21)30(38)34-25-7-4-8-26(18-25)39-19-28(36)33-24-15-13-23(32)14-16-24/h1-18H,19H2,(H,33,36)(H,34,38)(H,35,37)/b27-17-. The molecule has 3 amide bonds. The summed E-state index contributed by atoms with van der Waals surface area (Å²) in [6.45, 7) is 0. The van der Waals surface area contributed by atoms with Crippen molar-refractivity contribution < 1.29 is 18.8 Å². The highest BCUT2D eigenvalue weighted by Crippen LogP contribution is 2.23. The van der Waals surface area contributed by atoms with Crippen molar-refractivity contribution in [2.45, 2.75) is 4.90 Å². The van der Waals surface area contributed by atoms with E-state index in [1.165, 1.54) is 36.0 Å². The molecule has 0 fully saturated rings. The Hall–Kier alpha value is -4.21. The molecule has 0 aliphatic rings. The highest BCUT2D eigenvalue weighted by Gasteiger charge is 2.15. The molecular weight excluding hydrogens is 581 g/mol. The average molecular weight is 605 g/mol. The van der Waals surface area contributed by atoms with Gasteiger partial charge in [0.15, 0.2) is 0 Å². The summed E-state index contributed by atoms with van der Waals surface area (Å²) in [5, 5.41) is 8.25. The Balaban J connectivity index is 1.44. The Labute approximate surface area is 237 Å². The molecule has 0 aliphatic heterocycles. The fourth-order valence-corrected chi connectivity index (χ4v) is 4.43. The van der Waals surface area contributed by atoms with Gasteiger partial charge in [0.25, 0.3) is 11.8 Å². The van der Waals surface area contributed by atoms with E-state index in [2.05, 4.69) is 31.9 Å². The first-order chi connectivity index (χ1) is 18.9. The SMILES string of the molecule is O=C(CSc1cccc(NC(=O)/C(=C/c2ccc(Br)cc2)NC(=O)c2ccccc2)c1)Nc1ccc(F)cc1. The van der Waals surface area contributed by atoms with E-state index in [1.807, 2.05) is 30.3 Å². The van der Waals surface area contributed by atoms with E-state index < -0.39 is 11.8 Å². The van der Waals surface area contributed by atoms with E-state index in [0.717, 1.165) is 14.9 Å². The minimum atomic E-state index is -0.501. The van der Waals surface area contributed by atoms with Gasteiger partial charge in [-0.05, 0) is 78.4 Å². The molecule has 0 unspecified atom stereocenters. The minimum Gasteiger partial charge on any atom is -0.325 e. The van der Waals surface area contributed by atoms with Crippen molar-refractivity contribution in [2.75, 3.05) is 16.4 Å². The Morgan fingerprint density at radius 1 is 0.795 bits per heavy atom. The van der Waals surface area contributed by atoms with Crippen LogP contribution in [-0.2, 0) is 9.59 Å². The second kappa shape index (κ2) is 13.5. The largest absolute Gasteiger partial charge is 0.325 e. The molecule has 0 saturated carbocycles. The van der Waals surface area contributed by atoms with Crippen LogP contribution in [0.2, 0.25) is 0 Å². The zero-order valence-electron chi connectivity index (χ0n) is 20.5. The van der Waals surface area contributed by atoms with Crippen molar-refractivity contribution in [3.05, 3.63) is 130 Å². The van der Waals surface area contributed by atoms with Crippen molar-refractivity contribution in [3.63, 3.8) is 0 Å². The Morgan fingerprint density at radius 2 is 1.51 bits per heavy atom. The number of thioether (sulfide) groups is 1. The number of rotatable bonds is 9. The van der Waals surface area contributed by atoms with Gasteiger partial charge in [0.05, 0.1) is 5.75 Å². The molecule has 0 bridgehead atoms. The summed E-state index contributed by atoms with van der Waals surface area (Å²) in [7, 11) is 0. The second-order valence-electron chi connectivity index (χ2n) is 8.26. The minimum absolute atomic E-state index is 0.0721. The predicted octanol–water partition coefficient (Wildman–Crippen LogP) is 6.73. The van der Waals surface area contributed by atoms with E-state index >= 15 is 0 Å². The number of carbonyl (C=O) groups excluding carboxylic acids is 3. The molecule has 3 N–H and O–H groups in total. The van der Waals surface area contributed by atoms with Gasteiger partial charge in [-0.15, -0.1) is 11.8 Å². The van der Waals surface area contributed by atoms with Crippen LogP contribution in [0.5, 0.6) is 0 Å². The molecule has 0 heterocycles. The summed E-state index contributed by atoms with van der Waals surface area (Å²) >= 11 is 4.68. The maximum atomic E-state index is 13.3. The predicted molar refractivity (Wildman–Crippen MR) is 157 cm³/mol. The number of hydrogen-bond donors (Lipinski definition) is 3. The van der Waals surface area contributed by atoms with Crippen LogP contribution >= 0.6 is 27.7 Å². The van der Waals surface area contributed by atoms with E-state index in [0.29, 0.717) is 16.9 Å². The van der Waals surface area contributed by atoms with Crippen molar-refractivity contribution in [3.8, 4) is 0 Å². The monoisotopic (exact) mass is 603 g/mol. The van der Waals surface area contributed by atoms with Crippen molar-refractivity contribution in [2.24, 2.45) is 0 Å². The molecule has 6 nitrogen and oxygen atoms in total. The van der Waals surface area contributed by atoms with Crippen molar-refractivity contribution in [1.82, 2.24) is 5.32 Å². The van der Waals surface area contributed by atoms with Crippen LogP contribution < -0.4 is 16.0 Å². The molecule has 4 rings (SSSR count). The normalized spacial score (nSPS) is 11.0. The van der Waals surface area contributed by atoms with E-state index in [1.54, 1.807) is 54.6 Å². The third-order valence-corrected chi connectivity index (χ3v) is 6.82. The molecule has 4 aromatic carbocycles. The van der Waals surface area contributed by atoms with Crippen LogP contribution in [0, 0.1) is 5.82 Å². The highest BCUT2D eigenvalue weighted by atomic mass is 79.9. The lowest BCUT2D eigenvalue weighted by Crippen LogP contribution is -2.30. The molecule has 0 aliphatic carbocycles. The maximum Gasteiger partial charge on any atom is 0.272 e. The molecule has 0 aromatic heterocycles. The first-order valence-corrected chi connectivity index (χ1v) is 13.6. The van der Waals surface area contributed by atoms with Crippen LogP contribution in [0.15, 0.2) is 118 Å². The lowest BCUT2D eigenvalue weighted by Gasteiger charge is -2.12. The van der Waals surface area contributed by atoms with Gasteiger partial charge in [0.2, 0.25) is 5.91 Å². The Morgan fingerprint density at radius 3 is 2.23 bits per heavy atom. The fourth-order valence-electron chi connectivity index (χ4n) is 3.41. The average Bonchev–Trinajstić information content (AvgIpc) is 2.94. The molecular formula is C30H23BrFN3O3S. The summed E-state index contributed by atoms with van der Waals surface area (Å²) in [5.41, 5.74) is 2.23. The molecule has 0 saturated heterocycles. The summed E-state index contributed by atoms with van der Waals surface area (Å²) < 4.78 is 14.0. The summed E-state index contributed by atoms with van der Waals surface area (Å²) in [6, 6.07) is 28.5. The molecule has 39 heavy (non-hydrogen) atoms. The summed E-state index contributed by atoms with van der Waals surface area (Å²) in [6.07, 6.45) is 1.60. The zero-order valence-corrected chi connectivity index (χ0v) is 22.9. The molecule has 4 aromatic rings. The molecule has 0 radical (unpaired) electrons. The fraction of sp³-hybridized carbons (Fsp3) is 0.0333. The van der Waals surface area contributed by atoms with Gasteiger partial charge in [-0.3, -0.25) is 14.4 Å². The van der Waals surface area contributed by atoms with Gasteiger partial charge in [0, 0.05) is 26.3 Å². The third-order valence-electron chi connectivity index (χ3n) is 5.30. The van der Waals surface area contributed by atoms with E-state index in [4.69, 9.17) is 0 Å². The summed E-state index contributed by atoms with van der Waals surface area (Å²) in [4.78, 5) is 39.1. The highest BCUT2D eigenvalue weighted by molar-refractivity contribution is 9.10. The Kier molecular flexibility index (Phi) is 9.66. The smallest absolute Gasteiger partial charge is 0.272 e. The molecule has 196 valence electrons. The first-order valence-electron chi connectivity index (χ1n) is 11.8. The second-order valence-corrected chi connectivity index (χ2v) is 10.2. The lowest BCUT2D eigenvalue weighted by atomic mass is 10.1. The van der Waals surface area contributed by atoms with Gasteiger partial charge < -0.3 is 16.0 Å². The number of anilines is 2. The van der Waals surface area contributed by atoms with Gasteiger partial charge in [-0.25, -0.2) is 4.39 Å². The van der Waals surface area contributed by atoms with Crippen molar-refractivity contribution >= 4 is 62.9 Å². The van der Waals surface area contributed by atoms with Crippen molar-refractivity contribution in [1.29, 1.82) is 0 Å². The number of benzene rings is 4. The topological polar surface area (TPSA) is 87.3 Å². The quantitative estimate of drug-likeness (QED) is 0.146. The van der Waals surface area contributed by atoms with Gasteiger partial charge in [-0.2, -0.15) is 0 Å². The van der Waals surface area contributed by atoms with Crippen LogP contribution in [0.25, 0.3) is 6.08 Å². The summed E-state index contributed by atoms with van der Waals surface area (Å²) in [5.74, 6) is -1.42. The lowest BCUT2D eigenvalue weighted by molar-refractivity contribution is -0.114. The number of nitrogens with one attached hydrogen (secondary N) is 3. The van der Waals surface area contributed by atoms with E-state index in [-0.39, 0.29) is 23.2 Å². The zero-order chi connectivity index (χ0) is 27.6.